The Labute approximate surface area is 201 Å². The Bertz CT molecular complexity index is 1020. The number of benzene rings is 1. The van der Waals surface area contributed by atoms with Gasteiger partial charge in [0.05, 0.1) is 6.04 Å². The minimum absolute atomic E-state index is 0.00561. The van der Waals surface area contributed by atoms with Gasteiger partial charge in [-0.25, -0.2) is 13.2 Å². The SMILES string of the molecule is C[C@@](F)(C(=O)N1C[C@@H]2CCC[C@@H]2[C@H]1C(=O)N[C@H](C[C@H]1CCNC1=O)C(=O)CF)c1cccc(F)c1. The number of halogens is 3. The van der Waals surface area contributed by atoms with Crippen molar-refractivity contribution in [1.82, 2.24) is 15.5 Å². The van der Waals surface area contributed by atoms with Crippen molar-refractivity contribution in [3.8, 4) is 0 Å². The highest BCUT2D eigenvalue weighted by Crippen LogP contribution is 2.44. The summed E-state index contributed by atoms with van der Waals surface area (Å²) in [5, 5.41) is 5.22. The van der Waals surface area contributed by atoms with Gasteiger partial charge in [-0.05, 0) is 56.6 Å². The highest BCUT2D eigenvalue weighted by molar-refractivity contribution is 5.96. The highest BCUT2D eigenvalue weighted by Gasteiger charge is 2.53. The number of rotatable bonds is 8. The van der Waals surface area contributed by atoms with Crippen LogP contribution in [0, 0.1) is 23.6 Å². The second-order valence-electron chi connectivity index (χ2n) is 9.94. The lowest BCUT2D eigenvalue weighted by molar-refractivity contribution is -0.149. The molecule has 0 spiro atoms. The fourth-order valence-electron chi connectivity index (χ4n) is 5.80. The number of alkyl halides is 2. The van der Waals surface area contributed by atoms with Gasteiger partial charge in [-0.2, -0.15) is 0 Å². The lowest BCUT2D eigenvalue weighted by atomic mass is 9.91. The molecule has 1 aliphatic carbocycles. The third kappa shape index (κ3) is 4.92. The molecule has 3 aliphatic rings. The van der Waals surface area contributed by atoms with Crippen LogP contribution in [0.2, 0.25) is 0 Å². The number of nitrogens with zero attached hydrogens (tertiary/aromatic N) is 1. The molecule has 35 heavy (non-hydrogen) atoms. The van der Waals surface area contributed by atoms with Crippen molar-refractivity contribution < 1.29 is 32.3 Å². The lowest BCUT2D eigenvalue weighted by Gasteiger charge is -2.33. The largest absolute Gasteiger partial charge is 0.356 e. The summed E-state index contributed by atoms with van der Waals surface area (Å²) in [5.41, 5.74) is -2.73. The van der Waals surface area contributed by atoms with E-state index in [0.29, 0.717) is 19.4 Å². The molecular formula is C25H30F3N3O4. The molecule has 190 valence electrons. The maximum atomic E-state index is 15.8. The molecule has 3 amide bonds. The van der Waals surface area contributed by atoms with E-state index in [0.717, 1.165) is 31.9 Å². The van der Waals surface area contributed by atoms with Gasteiger partial charge in [0.25, 0.3) is 5.91 Å². The highest BCUT2D eigenvalue weighted by atomic mass is 19.1. The van der Waals surface area contributed by atoms with E-state index in [1.54, 1.807) is 0 Å². The number of amides is 3. The zero-order chi connectivity index (χ0) is 25.3. The second-order valence-corrected chi connectivity index (χ2v) is 9.94. The van der Waals surface area contributed by atoms with Gasteiger partial charge >= 0.3 is 0 Å². The van der Waals surface area contributed by atoms with Gasteiger partial charge in [-0.3, -0.25) is 19.2 Å². The smallest absolute Gasteiger partial charge is 0.265 e. The van der Waals surface area contributed by atoms with Crippen LogP contribution in [0.3, 0.4) is 0 Å². The van der Waals surface area contributed by atoms with E-state index in [9.17, 15) is 28.0 Å². The van der Waals surface area contributed by atoms with Crippen molar-refractivity contribution in [3.05, 3.63) is 35.6 Å². The van der Waals surface area contributed by atoms with E-state index in [2.05, 4.69) is 10.6 Å². The summed E-state index contributed by atoms with van der Waals surface area (Å²) in [6.45, 7) is 0.350. The molecule has 1 aromatic rings. The molecule has 2 saturated heterocycles. The topological polar surface area (TPSA) is 95.6 Å². The van der Waals surface area contributed by atoms with Gasteiger partial charge in [-0.15, -0.1) is 0 Å². The molecule has 1 aromatic carbocycles. The fourth-order valence-corrected chi connectivity index (χ4v) is 5.80. The number of carbonyl (C=O) groups is 4. The lowest BCUT2D eigenvalue weighted by Crippen LogP contribution is -2.55. The number of hydrogen-bond donors (Lipinski definition) is 2. The Morgan fingerprint density at radius 1 is 1.26 bits per heavy atom. The van der Waals surface area contributed by atoms with Crippen LogP contribution in [-0.2, 0) is 24.8 Å². The Morgan fingerprint density at radius 2 is 2.03 bits per heavy atom. The Hall–Kier alpha value is -2.91. The van der Waals surface area contributed by atoms with Crippen LogP contribution in [0.15, 0.2) is 24.3 Å². The molecule has 7 nitrogen and oxygen atoms in total. The first-order chi connectivity index (χ1) is 16.6. The Kier molecular flexibility index (Phi) is 7.19. The summed E-state index contributed by atoms with van der Waals surface area (Å²) in [4.78, 5) is 52.3. The zero-order valence-electron chi connectivity index (χ0n) is 19.6. The van der Waals surface area contributed by atoms with Crippen molar-refractivity contribution in [3.63, 3.8) is 0 Å². The van der Waals surface area contributed by atoms with Crippen LogP contribution in [0.5, 0.6) is 0 Å². The molecule has 2 N–H and O–H groups in total. The van der Waals surface area contributed by atoms with Crippen LogP contribution >= 0.6 is 0 Å². The molecular weight excluding hydrogens is 463 g/mol. The molecule has 4 rings (SSSR count). The minimum Gasteiger partial charge on any atom is -0.356 e. The average molecular weight is 494 g/mol. The minimum atomic E-state index is -2.57. The first-order valence-corrected chi connectivity index (χ1v) is 12.1. The normalized spacial score (nSPS) is 28.2. The quantitative estimate of drug-likeness (QED) is 0.581. The summed E-state index contributed by atoms with van der Waals surface area (Å²) in [6.07, 6.45) is 2.71. The Morgan fingerprint density at radius 3 is 2.69 bits per heavy atom. The van der Waals surface area contributed by atoms with Crippen molar-refractivity contribution in [2.45, 2.75) is 56.8 Å². The van der Waals surface area contributed by atoms with E-state index >= 15 is 4.39 Å². The number of nitrogens with one attached hydrogen (secondary N) is 2. The first-order valence-electron chi connectivity index (χ1n) is 12.1. The van der Waals surface area contributed by atoms with Crippen LogP contribution < -0.4 is 10.6 Å². The molecule has 2 aliphatic heterocycles. The number of carbonyl (C=O) groups excluding carboxylic acids is 4. The van der Waals surface area contributed by atoms with Gasteiger partial charge in [0.15, 0.2) is 5.78 Å². The summed E-state index contributed by atoms with van der Waals surface area (Å²) in [6, 6.07) is 2.46. The predicted molar refractivity (Wildman–Crippen MR) is 120 cm³/mol. The molecule has 6 atom stereocenters. The molecule has 0 aromatic heterocycles. The predicted octanol–water partition coefficient (Wildman–Crippen LogP) is 2.19. The summed E-state index contributed by atoms with van der Waals surface area (Å²) >= 11 is 0. The summed E-state index contributed by atoms with van der Waals surface area (Å²) in [7, 11) is 0. The Balaban J connectivity index is 1.57. The first kappa shape index (κ1) is 25.2. The average Bonchev–Trinajstić information content (AvgIpc) is 3.53. The van der Waals surface area contributed by atoms with Gasteiger partial charge < -0.3 is 15.5 Å². The molecule has 0 unspecified atom stereocenters. The molecule has 2 heterocycles. The van der Waals surface area contributed by atoms with E-state index in [4.69, 9.17) is 0 Å². The van der Waals surface area contributed by atoms with Crippen molar-refractivity contribution >= 4 is 23.5 Å². The molecule has 1 saturated carbocycles. The third-order valence-corrected chi connectivity index (χ3v) is 7.71. The van der Waals surface area contributed by atoms with Gasteiger partial charge in [0.1, 0.15) is 18.5 Å². The van der Waals surface area contributed by atoms with Crippen molar-refractivity contribution in [2.24, 2.45) is 17.8 Å². The fraction of sp³-hybridized carbons (Fsp3) is 0.600. The van der Waals surface area contributed by atoms with Gasteiger partial charge in [0, 0.05) is 24.6 Å². The second kappa shape index (κ2) is 9.99. The third-order valence-electron chi connectivity index (χ3n) is 7.71. The molecule has 10 heteroatoms. The van der Waals surface area contributed by atoms with Crippen LogP contribution in [0.1, 0.15) is 44.6 Å². The monoisotopic (exact) mass is 493 g/mol. The van der Waals surface area contributed by atoms with E-state index in [1.807, 2.05) is 0 Å². The van der Waals surface area contributed by atoms with Crippen LogP contribution in [0.25, 0.3) is 0 Å². The van der Waals surface area contributed by atoms with Crippen molar-refractivity contribution in [2.75, 3.05) is 19.8 Å². The van der Waals surface area contributed by atoms with Gasteiger partial charge in [0.2, 0.25) is 17.5 Å². The molecule has 3 fully saturated rings. The van der Waals surface area contributed by atoms with E-state index in [1.165, 1.54) is 17.0 Å². The standard InChI is InChI=1S/C25H30F3N3O4/c1-25(28,16-5-3-6-17(27)11-16)24(35)31-13-15-4-2-7-18(15)21(31)23(34)30-19(20(32)12-26)10-14-8-9-29-22(14)33/h3,5-6,11,14-15,18-19,21H,2,4,7-10,12-13H2,1H3,(H,29,33)(H,30,34)/t14-,15+,18+,19-,21+,25+/m1/s1. The zero-order valence-corrected chi connectivity index (χ0v) is 19.6. The molecule has 0 radical (unpaired) electrons. The van der Waals surface area contributed by atoms with Crippen molar-refractivity contribution in [1.29, 1.82) is 0 Å². The summed E-state index contributed by atoms with van der Waals surface area (Å²) in [5.74, 6) is -4.17. The maximum Gasteiger partial charge on any atom is 0.265 e. The van der Waals surface area contributed by atoms with Gasteiger partial charge in [-0.1, -0.05) is 18.6 Å². The number of ketones is 1. The molecule has 0 bridgehead atoms. The van der Waals surface area contributed by atoms with Crippen LogP contribution in [-0.4, -0.2) is 60.3 Å². The summed E-state index contributed by atoms with van der Waals surface area (Å²) < 4.78 is 42.8. The van der Waals surface area contributed by atoms with E-state index in [-0.39, 0.29) is 36.3 Å². The van der Waals surface area contributed by atoms with E-state index < -0.39 is 53.8 Å². The maximum absolute atomic E-state index is 15.8. The number of Topliss-reactive ketones (excluding diaryl/α,β-unsaturated/α-hetero) is 1. The number of likely N-dealkylation sites (tertiary alicyclic amines) is 1. The van der Waals surface area contributed by atoms with Crippen LogP contribution in [0.4, 0.5) is 13.2 Å². The number of hydrogen-bond acceptors (Lipinski definition) is 4. The number of fused-ring (bicyclic) bond motifs is 1.